The predicted octanol–water partition coefficient (Wildman–Crippen LogP) is 3.05. The van der Waals surface area contributed by atoms with Crippen molar-refractivity contribution in [2.24, 2.45) is 0 Å². The molecule has 0 radical (unpaired) electrons. The lowest BCUT2D eigenvalue weighted by atomic mass is 10.2. The molecule has 0 spiro atoms. The minimum absolute atomic E-state index is 0.0822. The van der Waals surface area contributed by atoms with Crippen LogP contribution in [0.3, 0.4) is 0 Å². The van der Waals surface area contributed by atoms with Crippen molar-refractivity contribution in [3.05, 3.63) is 27.5 Å². The van der Waals surface area contributed by atoms with E-state index in [1.54, 1.807) is 6.07 Å². The van der Waals surface area contributed by atoms with Gasteiger partial charge in [-0.2, -0.15) is 0 Å². The van der Waals surface area contributed by atoms with Crippen LogP contribution in [0.1, 0.15) is 27.0 Å². The fourth-order valence-corrected chi connectivity index (χ4v) is 2.46. The Balaban J connectivity index is 2.66. The van der Waals surface area contributed by atoms with E-state index < -0.39 is 5.97 Å². The van der Waals surface area contributed by atoms with Crippen LogP contribution >= 0.6 is 23.1 Å². The molecule has 0 fully saturated rings. The van der Waals surface area contributed by atoms with Crippen LogP contribution in [0.15, 0.2) is 12.1 Å². The lowest BCUT2D eigenvalue weighted by Crippen LogP contribution is -1.89. The first kappa shape index (κ1) is 13.0. The Bertz CT molecular complexity index is 432. The van der Waals surface area contributed by atoms with Crippen LogP contribution < -0.4 is 0 Å². The Morgan fingerprint density at radius 2 is 2.25 bits per heavy atom. The number of carbonyl (C=O) groups excluding carboxylic acids is 1. The molecule has 0 aliphatic rings. The van der Waals surface area contributed by atoms with Gasteiger partial charge in [0.25, 0.3) is 0 Å². The maximum Gasteiger partial charge on any atom is 0.345 e. The number of aryl methyl sites for hydroxylation is 1. The Kier molecular flexibility index (Phi) is 4.76. The smallest absolute Gasteiger partial charge is 0.345 e. The molecule has 16 heavy (non-hydrogen) atoms. The minimum Gasteiger partial charge on any atom is -0.477 e. The highest BCUT2D eigenvalue weighted by molar-refractivity contribution is 8.13. The number of carboxylic acids is 1. The lowest BCUT2D eigenvalue weighted by molar-refractivity contribution is -0.109. The van der Waals surface area contributed by atoms with Crippen molar-refractivity contribution in [3.63, 3.8) is 0 Å². The Morgan fingerprint density at radius 1 is 1.56 bits per heavy atom. The summed E-state index contributed by atoms with van der Waals surface area (Å²) in [6.07, 6.45) is 3.74. The summed E-state index contributed by atoms with van der Waals surface area (Å²) in [4.78, 5) is 22.7. The molecule has 86 valence electrons. The molecule has 1 heterocycles. The van der Waals surface area contributed by atoms with Crippen LogP contribution in [0.5, 0.6) is 0 Å². The van der Waals surface area contributed by atoms with E-state index in [1.165, 1.54) is 30.0 Å². The molecule has 1 rings (SSSR count). The van der Waals surface area contributed by atoms with Crippen LogP contribution in [-0.4, -0.2) is 21.9 Å². The number of aromatic carboxylic acids is 1. The second kappa shape index (κ2) is 5.86. The Morgan fingerprint density at radius 3 is 2.75 bits per heavy atom. The van der Waals surface area contributed by atoms with Crippen molar-refractivity contribution >= 4 is 40.3 Å². The van der Waals surface area contributed by atoms with Crippen molar-refractivity contribution in [1.29, 1.82) is 0 Å². The third-order valence-electron chi connectivity index (χ3n) is 1.82. The highest BCUT2D eigenvalue weighted by Gasteiger charge is 2.08. The van der Waals surface area contributed by atoms with E-state index in [0.717, 1.165) is 10.4 Å². The molecule has 1 N–H and O–H groups in total. The van der Waals surface area contributed by atoms with Gasteiger partial charge in [0.15, 0.2) is 5.12 Å². The first-order valence-electron chi connectivity index (χ1n) is 4.64. The molecule has 1 aromatic heterocycles. The summed E-state index contributed by atoms with van der Waals surface area (Å²) < 4.78 is 0. The van der Waals surface area contributed by atoms with Gasteiger partial charge in [0.1, 0.15) is 4.88 Å². The summed E-state index contributed by atoms with van der Waals surface area (Å²) in [6, 6.07) is 1.66. The van der Waals surface area contributed by atoms with Gasteiger partial charge in [0.05, 0.1) is 0 Å². The molecule has 3 nitrogen and oxygen atoms in total. The summed E-state index contributed by atoms with van der Waals surface area (Å²) in [5.74, 6) is -0.277. The summed E-state index contributed by atoms with van der Waals surface area (Å²) in [6.45, 7) is 3.40. The monoisotopic (exact) mass is 256 g/mol. The fourth-order valence-electron chi connectivity index (χ4n) is 1.09. The SMILES string of the molecule is CC(=O)SCC=Cc1sc(C(=O)O)cc1C. The van der Waals surface area contributed by atoms with Crippen LogP contribution in [-0.2, 0) is 4.79 Å². The van der Waals surface area contributed by atoms with Crippen molar-refractivity contribution in [3.8, 4) is 0 Å². The maximum absolute atomic E-state index is 10.7. The van der Waals surface area contributed by atoms with Crippen molar-refractivity contribution in [2.45, 2.75) is 13.8 Å². The predicted molar refractivity (Wildman–Crippen MR) is 68.2 cm³/mol. The zero-order valence-electron chi connectivity index (χ0n) is 9.02. The summed E-state index contributed by atoms with van der Waals surface area (Å²) in [7, 11) is 0. The first-order chi connectivity index (χ1) is 7.50. The van der Waals surface area contributed by atoms with Crippen LogP contribution in [0, 0.1) is 6.92 Å². The van der Waals surface area contributed by atoms with Crippen molar-refractivity contribution in [2.75, 3.05) is 5.75 Å². The molecule has 0 atom stereocenters. The molecule has 0 saturated carbocycles. The van der Waals surface area contributed by atoms with Gasteiger partial charge >= 0.3 is 5.97 Å². The molecular formula is C11H12O3S2. The molecule has 5 heteroatoms. The van der Waals surface area contributed by atoms with Gasteiger partial charge in [-0.3, -0.25) is 4.79 Å². The zero-order chi connectivity index (χ0) is 12.1. The average molecular weight is 256 g/mol. The van der Waals surface area contributed by atoms with Gasteiger partial charge in [-0.05, 0) is 24.6 Å². The second-order valence-corrected chi connectivity index (χ2v) is 5.45. The van der Waals surface area contributed by atoms with Gasteiger partial charge < -0.3 is 5.11 Å². The molecule has 0 bridgehead atoms. The number of thioether (sulfide) groups is 1. The van der Waals surface area contributed by atoms with Crippen molar-refractivity contribution in [1.82, 2.24) is 0 Å². The van der Waals surface area contributed by atoms with E-state index in [2.05, 4.69) is 0 Å². The largest absolute Gasteiger partial charge is 0.477 e. The lowest BCUT2D eigenvalue weighted by Gasteiger charge is -1.90. The maximum atomic E-state index is 10.7. The second-order valence-electron chi connectivity index (χ2n) is 3.17. The number of thiophene rings is 1. The van der Waals surface area contributed by atoms with Gasteiger partial charge in [-0.15, -0.1) is 11.3 Å². The normalized spacial score (nSPS) is 10.9. The number of hydrogen-bond donors (Lipinski definition) is 1. The number of rotatable bonds is 4. The molecule has 0 aliphatic carbocycles. The topological polar surface area (TPSA) is 54.4 Å². The third kappa shape index (κ3) is 3.83. The molecule has 0 aliphatic heterocycles. The highest BCUT2D eigenvalue weighted by atomic mass is 32.2. The van der Waals surface area contributed by atoms with E-state index in [4.69, 9.17) is 5.11 Å². The van der Waals surface area contributed by atoms with Crippen molar-refractivity contribution < 1.29 is 14.7 Å². The summed E-state index contributed by atoms with van der Waals surface area (Å²) in [5.41, 5.74) is 0.950. The Hall–Kier alpha value is -1.07. The molecule has 0 amide bonds. The molecular weight excluding hydrogens is 244 g/mol. The van der Waals surface area contributed by atoms with E-state index in [9.17, 15) is 9.59 Å². The van der Waals surface area contributed by atoms with Crippen LogP contribution in [0.4, 0.5) is 0 Å². The molecule has 0 saturated heterocycles. The van der Waals surface area contributed by atoms with Gasteiger partial charge in [-0.25, -0.2) is 4.79 Å². The van der Waals surface area contributed by atoms with E-state index in [1.807, 2.05) is 19.1 Å². The van der Waals surface area contributed by atoms with Crippen LogP contribution in [0.2, 0.25) is 0 Å². The van der Waals surface area contributed by atoms with Gasteiger partial charge in [0, 0.05) is 17.6 Å². The molecule has 1 aromatic rings. The van der Waals surface area contributed by atoms with Gasteiger partial charge in [0.2, 0.25) is 0 Å². The van der Waals surface area contributed by atoms with E-state index in [0.29, 0.717) is 10.6 Å². The third-order valence-corrected chi connectivity index (χ3v) is 3.78. The van der Waals surface area contributed by atoms with Crippen LogP contribution in [0.25, 0.3) is 6.08 Å². The standard InChI is InChI=1S/C11H12O3S2/c1-7-6-10(11(13)14)16-9(7)4-3-5-15-8(2)12/h3-4,6H,5H2,1-2H3,(H,13,14). The summed E-state index contributed by atoms with van der Waals surface area (Å²) in [5, 5.41) is 8.89. The number of carboxylic acid groups (broad SMARTS) is 1. The average Bonchev–Trinajstić information content (AvgIpc) is 2.55. The van der Waals surface area contributed by atoms with E-state index in [-0.39, 0.29) is 5.12 Å². The Labute approximate surface area is 102 Å². The first-order valence-corrected chi connectivity index (χ1v) is 6.44. The highest BCUT2D eigenvalue weighted by Crippen LogP contribution is 2.23. The molecule has 0 unspecified atom stereocenters. The fraction of sp³-hybridized carbons (Fsp3) is 0.273. The molecule has 0 aromatic carbocycles. The number of carbonyl (C=O) groups is 2. The quantitative estimate of drug-likeness (QED) is 0.899. The van der Waals surface area contributed by atoms with E-state index >= 15 is 0 Å². The minimum atomic E-state index is -0.897. The zero-order valence-corrected chi connectivity index (χ0v) is 10.7. The van der Waals surface area contributed by atoms with Gasteiger partial charge in [-0.1, -0.05) is 17.8 Å². The number of hydrogen-bond acceptors (Lipinski definition) is 4. The summed E-state index contributed by atoms with van der Waals surface area (Å²) >= 11 is 2.48.